The molecule has 5 nitrogen and oxygen atoms in total. The number of ether oxygens (including phenoxy) is 1. The molecule has 0 radical (unpaired) electrons. The number of nitrogens with zero attached hydrogens (tertiary/aromatic N) is 1. The molecule has 0 aliphatic rings. The Morgan fingerprint density at radius 3 is 2.57 bits per heavy atom. The summed E-state index contributed by atoms with van der Waals surface area (Å²) >= 11 is 12.1. The quantitative estimate of drug-likeness (QED) is 0.932. The predicted octanol–water partition coefficient (Wildman–Crippen LogP) is 3.54. The zero-order chi connectivity index (χ0) is 15.6. The molecule has 2 rings (SSSR count). The second-order valence-corrected chi connectivity index (χ2v) is 5.24. The van der Waals surface area contributed by atoms with Gasteiger partial charge in [-0.2, -0.15) is 0 Å². The topological polar surface area (TPSA) is 64.4 Å². The number of nitrogens with one attached hydrogen (secondary N) is 1. The first-order chi connectivity index (χ1) is 9.95. The van der Waals surface area contributed by atoms with Crippen molar-refractivity contribution in [2.75, 3.05) is 7.11 Å². The van der Waals surface area contributed by atoms with Crippen molar-refractivity contribution in [1.82, 2.24) is 10.5 Å². The number of hydrogen-bond acceptors (Lipinski definition) is 4. The minimum absolute atomic E-state index is 0.207. The Labute approximate surface area is 132 Å². The van der Waals surface area contributed by atoms with Crippen LogP contribution in [0.2, 0.25) is 10.0 Å². The highest BCUT2D eigenvalue weighted by atomic mass is 35.5. The van der Waals surface area contributed by atoms with Crippen molar-refractivity contribution in [3.63, 3.8) is 0 Å². The van der Waals surface area contributed by atoms with Gasteiger partial charge in [0, 0.05) is 12.1 Å². The van der Waals surface area contributed by atoms with Crippen LogP contribution in [0.25, 0.3) is 0 Å². The summed E-state index contributed by atoms with van der Waals surface area (Å²) in [5, 5.41) is 7.19. The lowest BCUT2D eigenvalue weighted by Crippen LogP contribution is -2.24. The average molecular weight is 329 g/mol. The third kappa shape index (κ3) is 3.14. The Balaban J connectivity index is 2.24. The highest BCUT2D eigenvalue weighted by Gasteiger charge is 2.20. The van der Waals surface area contributed by atoms with E-state index in [0.717, 1.165) is 11.3 Å². The van der Waals surface area contributed by atoms with Gasteiger partial charge in [-0.15, -0.1) is 0 Å². The minimum Gasteiger partial charge on any atom is -0.494 e. The highest BCUT2D eigenvalue weighted by Crippen LogP contribution is 2.33. The summed E-state index contributed by atoms with van der Waals surface area (Å²) < 4.78 is 10.2. The maximum Gasteiger partial charge on any atom is 0.256 e. The van der Waals surface area contributed by atoms with Gasteiger partial charge in [-0.25, -0.2) is 0 Å². The van der Waals surface area contributed by atoms with Gasteiger partial charge in [-0.3, -0.25) is 4.79 Å². The molecule has 0 aliphatic carbocycles. The highest BCUT2D eigenvalue weighted by molar-refractivity contribution is 6.37. The molecule has 0 fully saturated rings. The van der Waals surface area contributed by atoms with Crippen LogP contribution in [-0.2, 0) is 6.54 Å². The van der Waals surface area contributed by atoms with Gasteiger partial charge in [0.1, 0.15) is 11.3 Å². The summed E-state index contributed by atoms with van der Waals surface area (Å²) in [4.78, 5) is 12.3. The van der Waals surface area contributed by atoms with Gasteiger partial charge >= 0.3 is 0 Å². The molecule has 21 heavy (non-hydrogen) atoms. The molecule has 1 N–H and O–H groups in total. The first-order valence-electron chi connectivity index (χ1n) is 6.17. The maximum absolute atomic E-state index is 12.3. The lowest BCUT2D eigenvalue weighted by atomic mass is 10.1. The molecule has 0 aliphatic heterocycles. The van der Waals surface area contributed by atoms with E-state index in [4.69, 9.17) is 32.5 Å². The molecule has 1 heterocycles. The monoisotopic (exact) mass is 328 g/mol. The molecule has 112 valence electrons. The van der Waals surface area contributed by atoms with Crippen LogP contribution in [0.4, 0.5) is 0 Å². The molecule has 1 amide bonds. The smallest absolute Gasteiger partial charge is 0.256 e. The van der Waals surface area contributed by atoms with E-state index >= 15 is 0 Å². The van der Waals surface area contributed by atoms with Gasteiger partial charge in [0.25, 0.3) is 5.91 Å². The SMILES string of the molecule is COc1c(Cl)ccc(Cl)c1C(=O)NCc1c(C)noc1C. The Hall–Kier alpha value is -1.72. The second kappa shape index (κ2) is 6.37. The molecule has 0 saturated carbocycles. The van der Waals surface area contributed by atoms with Crippen molar-refractivity contribution in [3.8, 4) is 5.75 Å². The number of amides is 1. The van der Waals surface area contributed by atoms with E-state index in [0.29, 0.717) is 10.8 Å². The van der Waals surface area contributed by atoms with Gasteiger partial charge in [0.05, 0.1) is 22.8 Å². The van der Waals surface area contributed by atoms with Crippen LogP contribution >= 0.6 is 23.2 Å². The molecule has 1 aromatic heterocycles. The standard InChI is InChI=1S/C14H14Cl2N2O3/c1-7-9(8(2)21-18-7)6-17-14(19)12-10(15)4-5-11(16)13(12)20-3/h4-5H,6H2,1-3H3,(H,17,19). The number of halogens is 2. The zero-order valence-corrected chi connectivity index (χ0v) is 13.3. The number of carbonyl (C=O) groups is 1. The fourth-order valence-corrected chi connectivity index (χ4v) is 2.42. The van der Waals surface area contributed by atoms with E-state index in [-0.39, 0.29) is 28.8 Å². The second-order valence-electron chi connectivity index (χ2n) is 4.42. The van der Waals surface area contributed by atoms with Gasteiger partial charge in [0.2, 0.25) is 0 Å². The molecule has 2 aromatic rings. The van der Waals surface area contributed by atoms with Crippen LogP contribution in [0, 0.1) is 13.8 Å². The summed E-state index contributed by atoms with van der Waals surface area (Å²) in [6.07, 6.45) is 0. The first-order valence-corrected chi connectivity index (χ1v) is 6.93. The third-order valence-electron chi connectivity index (χ3n) is 3.10. The molecule has 0 atom stereocenters. The first kappa shape index (κ1) is 15.7. The van der Waals surface area contributed by atoms with Crippen LogP contribution in [0.3, 0.4) is 0 Å². The van der Waals surface area contributed by atoms with Crippen molar-refractivity contribution in [1.29, 1.82) is 0 Å². The lowest BCUT2D eigenvalue weighted by molar-refractivity contribution is 0.0948. The lowest BCUT2D eigenvalue weighted by Gasteiger charge is -2.12. The van der Waals surface area contributed by atoms with Crippen LogP contribution < -0.4 is 10.1 Å². The van der Waals surface area contributed by atoms with Crippen LogP contribution in [0.1, 0.15) is 27.4 Å². The predicted molar refractivity (Wildman–Crippen MR) is 80.2 cm³/mol. The number of aromatic nitrogens is 1. The molecule has 1 aromatic carbocycles. The molecular weight excluding hydrogens is 315 g/mol. The van der Waals surface area contributed by atoms with E-state index in [9.17, 15) is 4.79 Å². The Morgan fingerprint density at radius 1 is 1.33 bits per heavy atom. The minimum atomic E-state index is -0.376. The van der Waals surface area contributed by atoms with Crippen molar-refractivity contribution in [2.24, 2.45) is 0 Å². The number of carbonyl (C=O) groups excluding carboxylic acids is 1. The molecule has 0 bridgehead atoms. The van der Waals surface area contributed by atoms with E-state index in [1.807, 2.05) is 6.92 Å². The third-order valence-corrected chi connectivity index (χ3v) is 3.71. The van der Waals surface area contributed by atoms with Crippen molar-refractivity contribution in [3.05, 3.63) is 44.8 Å². The molecule has 0 saturated heterocycles. The van der Waals surface area contributed by atoms with Crippen LogP contribution in [0.5, 0.6) is 5.75 Å². The van der Waals surface area contributed by atoms with Crippen molar-refractivity contribution in [2.45, 2.75) is 20.4 Å². The normalized spacial score (nSPS) is 10.5. The van der Waals surface area contributed by atoms with Gasteiger partial charge in [0.15, 0.2) is 5.75 Å². The van der Waals surface area contributed by atoms with Gasteiger partial charge in [-0.05, 0) is 26.0 Å². The largest absolute Gasteiger partial charge is 0.494 e. The molecule has 7 heteroatoms. The molecular formula is C14H14Cl2N2O3. The fourth-order valence-electron chi connectivity index (χ4n) is 1.96. The average Bonchev–Trinajstić information content (AvgIpc) is 2.77. The summed E-state index contributed by atoms with van der Waals surface area (Å²) in [5.41, 5.74) is 1.77. The summed E-state index contributed by atoms with van der Waals surface area (Å²) in [6.45, 7) is 3.88. The number of aryl methyl sites for hydroxylation is 2. The maximum atomic E-state index is 12.3. The molecule has 0 unspecified atom stereocenters. The van der Waals surface area contributed by atoms with E-state index in [1.165, 1.54) is 7.11 Å². The zero-order valence-electron chi connectivity index (χ0n) is 11.8. The Bertz CT molecular complexity index is 664. The Morgan fingerprint density at radius 2 is 2.00 bits per heavy atom. The van der Waals surface area contributed by atoms with Crippen LogP contribution in [0.15, 0.2) is 16.7 Å². The number of hydrogen-bond donors (Lipinski definition) is 1. The van der Waals surface area contributed by atoms with E-state index in [2.05, 4.69) is 10.5 Å². The fraction of sp³-hybridized carbons (Fsp3) is 0.286. The summed E-state index contributed by atoms with van der Waals surface area (Å²) in [6, 6.07) is 3.13. The van der Waals surface area contributed by atoms with E-state index < -0.39 is 0 Å². The van der Waals surface area contributed by atoms with E-state index in [1.54, 1.807) is 19.1 Å². The van der Waals surface area contributed by atoms with Crippen molar-refractivity contribution >= 4 is 29.1 Å². The Kier molecular flexibility index (Phi) is 4.75. The number of methoxy groups -OCH3 is 1. The number of rotatable bonds is 4. The van der Waals surface area contributed by atoms with Crippen LogP contribution in [-0.4, -0.2) is 18.2 Å². The van der Waals surface area contributed by atoms with Gasteiger partial charge in [-0.1, -0.05) is 28.4 Å². The van der Waals surface area contributed by atoms with Gasteiger partial charge < -0.3 is 14.6 Å². The summed E-state index contributed by atoms with van der Waals surface area (Å²) in [7, 11) is 1.43. The summed E-state index contributed by atoms with van der Waals surface area (Å²) in [5.74, 6) is 0.539. The molecule has 0 spiro atoms. The number of benzene rings is 1. The van der Waals surface area contributed by atoms with Crippen molar-refractivity contribution < 1.29 is 14.1 Å².